The highest BCUT2D eigenvalue weighted by atomic mass is 15.6. The second kappa shape index (κ2) is 10.6. The van der Waals surface area contributed by atoms with Crippen molar-refractivity contribution in [3.8, 4) is 0 Å². The molecule has 212 valence electrons. The summed E-state index contributed by atoms with van der Waals surface area (Å²) in [5.41, 5.74) is 16.7. The molecule has 4 aromatic rings. The van der Waals surface area contributed by atoms with Gasteiger partial charge in [0.2, 0.25) is 0 Å². The second-order valence-corrected chi connectivity index (χ2v) is 10.9. The molecule has 10 nitrogen and oxygen atoms in total. The van der Waals surface area contributed by atoms with E-state index in [0.29, 0.717) is 11.7 Å². The summed E-state index contributed by atoms with van der Waals surface area (Å²) >= 11 is 0. The van der Waals surface area contributed by atoms with Gasteiger partial charge in [0.05, 0.1) is 16.7 Å². The Hall–Kier alpha value is -5.25. The van der Waals surface area contributed by atoms with Gasteiger partial charge in [-0.15, -0.1) is 0 Å². The van der Waals surface area contributed by atoms with E-state index in [1.54, 1.807) is 5.01 Å². The van der Waals surface area contributed by atoms with Gasteiger partial charge >= 0.3 is 0 Å². The number of aliphatic imine (C=N–C) groups is 1. The third kappa shape index (κ3) is 4.81. The average Bonchev–Trinajstić information content (AvgIpc) is 2.99. The van der Waals surface area contributed by atoms with E-state index in [4.69, 9.17) is 20.5 Å². The number of pyridine rings is 2. The number of fused-ring (bicyclic) bond motifs is 2. The van der Waals surface area contributed by atoms with E-state index in [1.807, 2.05) is 90.7 Å². The minimum atomic E-state index is -0.594. The summed E-state index contributed by atoms with van der Waals surface area (Å²) in [6.07, 6.45) is 7.08. The van der Waals surface area contributed by atoms with Gasteiger partial charge in [0.1, 0.15) is 5.84 Å². The van der Waals surface area contributed by atoms with Crippen LogP contribution in [0.5, 0.6) is 0 Å². The Morgan fingerprint density at radius 3 is 2.07 bits per heavy atom. The summed E-state index contributed by atoms with van der Waals surface area (Å²) in [7, 11) is 8.14. The van der Waals surface area contributed by atoms with Crippen LogP contribution < -0.4 is 20.4 Å². The normalized spacial score (nSPS) is 18.1. The largest absolute Gasteiger partial charge is 0.377 e. The maximum atomic E-state index is 8.20. The first-order valence-corrected chi connectivity index (χ1v) is 13.8. The lowest BCUT2D eigenvalue weighted by atomic mass is 10.0. The lowest BCUT2D eigenvalue weighted by Crippen LogP contribution is -2.42. The Morgan fingerprint density at radius 2 is 1.48 bits per heavy atom. The van der Waals surface area contributed by atoms with Crippen molar-refractivity contribution in [1.82, 2.24) is 25.6 Å². The Morgan fingerprint density at radius 1 is 0.833 bits per heavy atom. The summed E-state index contributed by atoms with van der Waals surface area (Å²) in [5, 5.41) is 14.4. The topological polar surface area (TPSA) is 108 Å². The van der Waals surface area contributed by atoms with Gasteiger partial charge in [0, 0.05) is 73.5 Å². The molecule has 0 fully saturated rings. The first kappa shape index (κ1) is 26.9. The Balaban J connectivity index is 1.56. The van der Waals surface area contributed by atoms with E-state index < -0.39 is 6.17 Å². The van der Waals surface area contributed by atoms with Crippen molar-refractivity contribution >= 4 is 39.0 Å². The van der Waals surface area contributed by atoms with Crippen molar-refractivity contribution < 1.29 is 0 Å². The van der Waals surface area contributed by atoms with Crippen LogP contribution in [0.4, 0.5) is 11.4 Å². The number of aryl methyl sites for hydroxylation is 2. The summed E-state index contributed by atoms with van der Waals surface area (Å²) in [5.74, 6) is 1.31. The van der Waals surface area contributed by atoms with E-state index in [9.17, 15) is 0 Å². The van der Waals surface area contributed by atoms with Gasteiger partial charge < -0.3 is 20.4 Å². The molecular weight excluding hydrogens is 524 g/mol. The number of hydrogen-bond acceptors (Lipinski definition) is 9. The van der Waals surface area contributed by atoms with Gasteiger partial charge in [-0.2, -0.15) is 5.53 Å². The molecule has 6 rings (SSSR count). The summed E-state index contributed by atoms with van der Waals surface area (Å²) in [6.45, 7) is 4.01. The highest BCUT2D eigenvalue weighted by molar-refractivity contribution is 6.05. The highest BCUT2D eigenvalue weighted by Gasteiger charge is 2.31. The minimum Gasteiger partial charge on any atom is -0.377 e. The zero-order chi connectivity index (χ0) is 29.5. The molecule has 0 saturated heterocycles. The molecule has 4 heterocycles. The lowest BCUT2D eigenvalue weighted by molar-refractivity contribution is 0.225. The first-order valence-electron chi connectivity index (χ1n) is 13.8. The number of benzene rings is 2. The first-order chi connectivity index (χ1) is 20.2. The highest BCUT2D eigenvalue weighted by Crippen LogP contribution is 2.36. The fourth-order valence-electron chi connectivity index (χ4n) is 5.44. The van der Waals surface area contributed by atoms with Crippen LogP contribution in [0.1, 0.15) is 28.7 Å². The van der Waals surface area contributed by atoms with Crippen molar-refractivity contribution in [2.45, 2.75) is 20.0 Å². The van der Waals surface area contributed by atoms with Crippen LogP contribution in [-0.2, 0) is 0 Å². The molecule has 0 spiro atoms. The lowest BCUT2D eigenvalue weighted by Gasteiger charge is -2.34. The molecule has 10 heteroatoms. The van der Waals surface area contributed by atoms with Crippen molar-refractivity contribution in [3.05, 3.63) is 107 Å². The molecule has 2 aliphatic heterocycles. The Bertz CT molecular complexity index is 1850. The van der Waals surface area contributed by atoms with Gasteiger partial charge in [0.15, 0.2) is 12.0 Å². The number of allylic oxidation sites excluding steroid dienone is 3. The maximum Gasteiger partial charge on any atom is 0.173 e. The quantitative estimate of drug-likeness (QED) is 0.271. The summed E-state index contributed by atoms with van der Waals surface area (Å²) < 4.78 is 0. The average molecular weight is 559 g/mol. The van der Waals surface area contributed by atoms with Crippen LogP contribution in [0.25, 0.3) is 21.8 Å². The Labute approximate surface area is 245 Å². The van der Waals surface area contributed by atoms with Crippen LogP contribution in [0.15, 0.2) is 94.7 Å². The van der Waals surface area contributed by atoms with Crippen LogP contribution in [0.3, 0.4) is 0 Å². The smallest absolute Gasteiger partial charge is 0.173 e. The predicted molar refractivity (Wildman–Crippen MR) is 169 cm³/mol. The molecule has 3 N–H and O–H groups in total. The number of rotatable bonds is 5. The van der Waals surface area contributed by atoms with Crippen LogP contribution in [-0.4, -0.2) is 49.0 Å². The third-order valence-corrected chi connectivity index (χ3v) is 7.41. The molecule has 1 unspecified atom stereocenters. The predicted octanol–water partition coefficient (Wildman–Crippen LogP) is 5.67. The monoisotopic (exact) mass is 558 g/mol. The molecule has 0 amide bonds. The number of hydrogen-bond donors (Lipinski definition) is 3. The van der Waals surface area contributed by atoms with Crippen molar-refractivity contribution in [2.75, 3.05) is 38.0 Å². The minimum absolute atomic E-state index is 0.594. The molecule has 2 aromatic heterocycles. The summed E-state index contributed by atoms with van der Waals surface area (Å²) in [6, 6.07) is 16.5. The van der Waals surface area contributed by atoms with Gasteiger partial charge in [0.25, 0.3) is 0 Å². The van der Waals surface area contributed by atoms with Gasteiger partial charge in [-0.3, -0.25) is 9.97 Å². The number of nitrogens with one attached hydrogen (secondary N) is 3. The standard InChI is InChI=1S/C32H34N10/c1-19-15-28(40(3)4)23-17-21(10-12-25(23)35-19)30-37-31(42(39-33)32(38-30)27-9-7-8-14-34-27)22-11-13-26-24(18-22)29(41(5)6)16-20(2)36-26/h7-18,31,33-34H,1-6H3,(H,37,38). The van der Waals surface area contributed by atoms with Crippen molar-refractivity contribution in [1.29, 1.82) is 5.53 Å². The third-order valence-electron chi connectivity index (χ3n) is 7.41. The van der Waals surface area contributed by atoms with Crippen LogP contribution >= 0.6 is 0 Å². The number of amidine groups is 1. The molecule has 0 aliphatic carbocycles. The van der Waals surface area contributed by atoms with Crippen molar-refractivity contribution in [2.24, 2.45) is 10.2 Å². The van der Waals surface area contributed by atoms with E-state index in [1.165, 1.54) is 0 Å². The maximum absolute atomic E-state index is 8.20. The number of anilines is 2. The molecule has 2 aromatic carbocycles. The zero-order valence-electron chi connectivity index (χ0n) is 24.6. The van der Waals surface area contributed by atoms with E-state index >= 15 is 0 Å². The summed E-state index contributed by atoms with van der Waals surface area (Å²) in [4.78, 5) is 18.9. The van der Waals surface area contributed by atoms with Gasteiger partial charge in [-0.25, -0.2) is 10.0 Å². The molecule has 0 bridgehead atoms. The van der Waals surface area contributed by atoms with E-state index in [-0.39, 0.29) is 0 Å². The van der Waals surface area contributed by atoms with Gasteiger partial charge in [-0.05, 0) is 74.0 Å². The van der Waals surface area contributed by atoms with Crippen LogP contribution in [0, 0.1) is 19.4 Å². The number of aromatic nitrogens is 2. The fourth-order valence-corrected chi connectivity index (χ4v) is 5.44. The van der Waals surface area contributed by atoms with E-state index in [2.05, 4.69) is 49.9 Å². The zero-order valence-corrected chi connectivity index (χ0v) is 24.6. The fraction of sp³-hybridized carbons (Fsp3) is 0.219. The van der Waals surface area contributed by atoms with Crippen molar-refractivity contribution in [3.63, 3.8) is 0 Å². The van der Waals surface area contributed by atoms with E-state index in [0.717, 1.165) is 61.4 Å². The van der Waals surface area contributed by atoms with Gasteiger partial charge in [-0.1, -0.05) is 17.4 Å². The molecule has 0 saturated carbocycles. The molecule has 2 aliphatic rings. The molecule has 0 radical (unpaired) electrons. The number of nitrogens with zero attached hydrogens (tertiary/aromatic N) is 7. The molecule has 42 heavy (non-hydrogen) atoms. The van der Waals surface area contributed by atoms with Crippen LogP contribution in [0.2, 0.25) is 0 Å². The number of dihydropyridines is 1. The molecular formula is C32H34N10. The second-order valence-electron chi connectivity index (χ2n) is 10.9. The SMILES string of the molecule is Cc1cc(N(C)C)c2cc(C3=NC(c4ccc5nc(C)cc(N(C)C)c5c4)N(N=N)C(=C4C=CC=CN4)N3)ccc2n1. The Kier molecular flexibility index (Phi) is 6.82. The molecule has 1 atom stereocenters.